The first kappa shape index (κ1) is 18.2. The summed E-state index contributed by atoms with van der Waals surface area (Å²) in [6.45, 7) is 5.73. The molecular weight excluding hydrogens is 340 g/mol. The van der Waals surface area contributed by atoms with Crippen LogP contribution in [0, 0.1) is 0 Å². The molecule has 1 aromatic carbocycles. The number of piperidine rings is 1. The summed E-state index contributed by atoms with van der Waals surface area (Å²) in [5.41, 5.74) is 0.449. The van der Waals surface area contributed by atoms with Crippen molar-refractivity contribution in [3.63, 3.8) is 0 Å². The average molecular weight is 367 g/mol. The van der Waals surface area contributed by atoms with Gasteiger partial charge >= 0.3 is 6.09 Å². The van der Waals surface area contributed by atoms with Crippen molar-refractivity contribution in [2.45, 2.75) is 70.2 Å². The predicted octanol–water partition coefficient (Wildman–Crippen LogP) is 4.69. The number of fused-ring (bicyclic) bond motifs is 2. The molecule has 0 aliphatic carbocycles. The minimum atomic E-state index is -0.459. The number of halogens is 1. The van der Waals surface area contributed by atoms with E-state index in [-0.39, 0.29) is 18.2 Å². The maximum atomic E-state index is 12.5. The lowest BCUT2D eigenvalue weighted by Gasteiger charge is -2.40. The van der Waals surface area contributed by atoms with Crippen LogP contribution in [0.15, 0.2) is 18.2 Å². The molecule has 2 aliphatic rings. The minimum Gasteiger partial charge on any atom is -0.495 e. The van der Waals surface area contributed by atoms with Gasteiger partial charge in [0.2, 0.25) is 0 Å². The predicted molar refractivity (Wildman–Crippen MR) is 99.5 cm³/mol. The second kappa shape index (κ2) is 6.94. The molecule has 3 rings (SSSR count). The first-order chi connectivity index (χ1) is 11.8. The zero-order valence-electron chi connectivity index (χ0n) is 15.3. The Balaban J connectivity index is 1.68. The van der Waals surface area contributed by atoms with Crippen molar-refractivity contribution in [1.29, 1.82) is 0 Å². The van der Waals surface area contributed by atoms with Crippen molar-refractivity contribution in [3.8, 4) is 5.75 Å². The van der Waals surface area contributed by atoms with Crippen LogP contribution < -0.4 is 10.1 Å². The van der Waals surface area contributed by atoms with Crippen molar-refractivity contribution in [3.05, 3.63) is 23.2 Å². The van der Waals surface area contributed by atoms with Gasteiger partial charge in [-0.3, -0.25) is 0 Å². The van der Waals surface area contributed by atoms with Crippen LogP contribution >= 0.6 is 11.6 Å². The van der Waals surface area contributed by atoms with Crippen LogP contribution in [0.2, 0.25) is 5.02 Å². The van der Waals surface area contributed by atoms with Gasteiger partial charge in [-0.2, -0.15) is 0 Å². The van der Waals surface area contributed by atoms with Crippen molar-refractivity contribution < 1.29 is 14.3 Å². The number of carbonyl (C=O) groups excluding carboxylic acids is 1. The molecule has 6 heteroatoms. The molecule has 2 heterocycles. The Bertz CT molecular complexity index is 630. The van der Waals surface area contributed by atoms with E-state index in [0.717, 1.165) is 37.1 Å². The number of carbonyl (C=O) groups is 1. The van der Waals surface area contributed by atoms with E-state index >= 15 is 0 Å². The summed E-state index contributed by atoms with van der Waals surface area (Å²) in [7, 11) is 1.66. The zero-order valence-corrected chi connectivity index (χ0v) is 16.1. The maximum absolute atomic E-state index is 12.5. The smallest absolute Gasteiger partial charge is 0.410 e. The number of rotatable bonds is 3. The molecule has 2 aliphatic heterocycles. The lowest BCUT2D eigenvalue weighted by atomic mass is 9.97. The van der Waals surface area contributed by atoms with Gasteiger partial charge in [0, 0.05) is 23.1 Å². The molecule has 1 amide bonds. The molecule has 0 radical (unpaired) electrons. The van der Waals surface area contributed by atoms with Crippen molar-refractivity contribution >= 4 is 23.4 Å². The number of hydrogen-bond acceptors (Lipinski definition) is 4. The first-order valence-electron chi connectivity index (χ1n) is 8.88. The van der Waals surface area contributed by atoms with Crippen molar-refractivity contribution in [1.82, 2.24) is 4.90 Å². The largest absolute Gasteiger partial charge is 0.495 e. The van der Waals surface area contributed by atoms with E-state index in [4.69, 9.17) is 21.1 Å². The van der Waals surface area contributed by atoms with E-state index in [1.165, 1.54) is 0 Å². The van der Waals surface area contributed by atoms with Gasteiger partial charge in [0.25, 0.3) is 0 Å². The van der Waals surface area contributed by atoms with Crippen LogP contribution in [0.4, 0.5) is 10.5 Å². The highest BCUT2D eigenvalue weighted by molar-refractivity contribution is 6.30. The summed E-state index contributed by atoms with van der Waals surface area (Å²) < 4.78 is 11.0. The summed E-state index contributed by atoms with van der Waals surface area (Å²) in [5.74, 6) is 0.784. The van der Waals surface area contributed by atoms with Gasteiger partial charge in [0.05, 0.1) is 12.8 Å². The fraction of sp³-hybridized carbons (Fsp3) is 0.632. The van der Waals surface area contributed by atoms with Gasteiger partial charge in [-0.25, -0.2) is 4.79 Å². The Kier molecular flexibility index (Phi) is 5.05. The third kappa shape index (κ3) is 4.14. The average Bonchev–Trinajstić information content (AvgIpc) is 2.78. The van der Waals surface area contributed by atoms with Gasteiger partial charge in [-0.15, -0.1) is 0 Å². The number of ether oxygens (including phenoxy) is 2. The summed E-state index contributed by atoms with van der Waals surface area (Å²) in [5, 5.41) is 4.24. The van der Waals surface area contributed by atoms with Crippen LogP contribution in [0.5, 0.6) is 5.75 Å². The van der Waals surface area contributed by atoms with Gasteiger partial charge in [-0.1, -0.05) is 11.6 Å². The van der Waals surface area contributed by atoms with E-state index < -0.39 is 5.60 Å². The fourth-order valence-electron chi connectivity index (χ4n) is 3.92. The Morgan fingerprint density at radius 3 is 2.44 bits per heavy atom. The second-order valence-electron chi connectivity index (χ2n) is 7.93. The van der Waals surface area contributed by atoms with Gasteiger partial charge in [-0.05, 0) is 64.7 Å². The number of nitrogens with one attached hydrogen (secondary N) is 1. The first-order valence-corrected chi connectivity index (χ1v) is 9.26. The quantitative estimate of drug-likeness (QED) is 0.843. The molecule has 2 unspecified atom stereocenters. The molecule has 2 atom stereocenters. The Labute approximate surface area is 154 Å². The molecule has 25 heavy (non-hydrogen) atoms. The summed E-state index contributed by atoms with van der Waals surface area (Å²) in [6, 6.07) is 6.34. The maximum Gasteiger partial charge on any atom is 0.410 e. The highest BCUT2D eigenvalue weighted by Crippen LogP contribution is 2.39. The Morgan fingerprint density at radius 1 is 1.24 bits per heavy atom. The summed E-state index contributed by atoms with van der Waals surface area (Å²) in [6.07, 6.45) is 3.71. The standard InChI is InChI=1S/C19H27ClN2O3/c1-19(2,3)25-18(23)22-14-6-7-15(22)11-13(10-14)21-16-9-12(20)5-8-17(16)24-4/h5,8-9,13-15,21H,6-7,10-11H2,1-4H3. The topological polar surface area (TPSA) is 50.8 Å². The lowest BCUT2D eigenvalue weighted by Crippen LogP contribution is -2.51. The molecule has 1 N–H and O–H groups in total. The third-order valence-electron chi connectivity index (χ3n) is 4.86. The second-order valence-corrected chi connectivity index (χ2v) is 8.37. The molecule has 0 spiro atoms. The van der Waals surface area contributed by atoms with Crippen LogP contribution in [-0.4, -0.2) is 41.8 Å². The molecule has 1 aromatic rings. The summed E-state index contributed by atoms with van der Waals surface area (Å²) >= 11 is 6.12. The molecule has 138 valence electrons. The molecule has 0 saturated carbocycles. The molecule has 2 fully saturated rings. The highest BCUT2D eigenvalue weighted by atomic mass is 35.5. The summed E-state index contributed by atoms with van der Waals surface area (Å²) in [4.78, 5) is 14.5. The number of nitrogens with zero attached hydrogens (tertiary/aromatic N) is 1. The van der Waals surface area contributed by atoms with E-state index in [2.05, 4.69) is 5.32 Å². The van der Waals surface area contributed by atoms with Crippen molar-refractivity contribution in [2.75, 3.05) is 12.4 Å². The lowest BCUT2D eigenvalue weighted by molar-refractivity contribution is 0.00683. The monoisotopic (exact) mass is 366 g/mol. The number of anilines is 1. The van der Waals surface area contributed by atoms with Crippen LogP contribution in [0.1, 0.15) is 46.5 Å². The third-order valence-corrected chi connectivity index (χ3v) is 5.09. The number of amides is 1. The molecule has 5 nitrogen and oxygen atoms in total. The van der Waals surface area contributed by atoms with Gasteiger partial charge in [0.15, 0.2) is 0 Å². The SMILES string of the molecule is COc1ccc(Cl)cc1NC1CC2CCC(C1)N2C(=O)OC(C)(C)C. The van der Waals surface area contributed by atoms with E-state index in [9.17, 15) is 4.79 Å². The fourth-order valence-corrected chi connectivity index (χ4v) is 4.09. The van der Waals surface area contributed by atoms with Gasteiger partial charge < -0.3 is 19.7 Å². The van der Waals surface area contributed by atoms with Crippen LogP contribution in [0.3, 0.4) is 0 Å². The Morgan fingerprint density at radius 2 is 1.88 bits per heavy atom. The van der Waals surface area contributed by atoms with Crippen LogP contribution in [0.25, 0.3) is 0 Å². The molecule has 0 aromatic heterocycles. The Hall–Kier alpha value is -1.62. The normalized spacial score (nSPS) is 25.6. The zero-order chi connectivity index (χ0) is 18.2. The molecular formula is C19H27ClN2O3. The van der Waals surface area contributed by atoms with Gasteiger partial charge in [0.1, 0.15) is 11.4 Å². The van der Waals surface area contributed by atoms with Crippen molar-refractivity contribution in [2.24, 2.45) is 0 Å². The molecule has 2 bridgehead atoms. The van der Waals surface area contributed by atoms with E-state index in [1.807, 2.05) is 43.9 Å². The van der Waals surface area contributed by atoms with E-state index in [0.29, 0.717) is 11.1 Å². The highest BCUT2D eigenvalue weighted by Gasteiger charge is 2.44. The number of methoxy groups -OCH3 is 1. The minimum absolute atomic E-state index is 0.182. The van der Waals surface area contributed by atoms with Crippen LogP contribution in [-0.2, 0) is 4.74 Å². The number of hydrogen-bond donors (Lipinski definition) is 1. The molecule has 2 saturated heterocycles. The number of benzene rings is 1. The van der Waals surface area contributed by atoms with E-state index in [1.54, 1.807) is 7.11 Å².